The summed E-state index contributed by atoms with van der Waals surface area (Å²) in [5.74, 6) is -0.503. The van der Waals surface area contributed by atoms with Gasteiger partial charge in [0.25, 0.3) is 0 Å². The Morgan fingerprint density at radius 1 is 0.900 bits per heavy atom. The van der Waals surface area contributed by atoms with E-state index in [1.165, 1.54) is 12.1 Å². The van der Waals surface area contributed by atoms with Crippen molar-refractivity contribution in [2.45, 2.75) is 32.4 Å². The molecule has 0 unspecified atom stereocenters. The standard InChI is InChI=1S/C18H20N2O8P2/c1-18(2,20-19-17(21)26-12-13-6-4-3-5-7-13)11-14-8-9-15(27-29(22)23)16(10-14)28-30(24)25/h3-10,20H,11-12H2,1-2H3,(H,19,21). The minimum absolute atomic E-state index is 0.117. The Labute approximate surface area is 173 Å². The Hall–Kier alpha value is -2.93. The Morgan fingerprint density at radius 3 is 2.17 bits per heavy atom. The number of hydrazine groups is 1. The second-order valence-corrected chi connectivity index (χ2v) is 8.04. The van der Waals surface area contributed by atoms with Crippen molar-refractivity contribution in [3.63, 3.8) is 0 Å². The first-order valence-electron chi connectivity index (χ1n) is 8.66. The zero-order valence-electron chi connectivity index (χ0n) is 16.2. The summed E-state index contributed by atoms with van der Waals surface area (Å²) in [5, 5.41) is 0. The highest BCUT2D eigenvalue weighted by Gasteiger charge is 2.21. The summed E-state index contributed by atoms with van der Waals surface area (Å²) in [7, 11) is -6.51. The number of benzene rings is 2. The molecule has 1 amide bonds. The number of amides is 1. The molecule has 0 bridgehead atoms. The van der Waals surface area contributed by atoms with Crippen LogP contribution in [0.2, 0.25) is 0 Å². The molecular weight excluding hydrogens is 434 g/mol. The molecule has 2 N–H and O–H groups in total. The van der Waals surface area contributed by atoms with E-state index in [2.05, 4.69) is 19.9 Å². The first-order chi connectivity index (χ1) is 14.1. The minimum atomic E-state index is -3.27. The van der Waals surface area contributed by atoms with Gasteiger partial charge < -0.3 is 13.8 Å². The summed E-state index contributed by atoms with van der Waals surface area (Å²) in [6.45, 7) is 3.70. The average molecular weight is 454 g/mol. The zero-order valence-corrected chi connectivity index (χ0v) is 18.0. The van der Waals surface area contributed by atoms with Gasteiger partial charge in [-0.05, 0) is 43.5 Å². The van der Waals surface area contributed by atoms with Crippen LogP contribution >= 0.6 is 15.8 Å². The van der Waals surface area contributed by atoms with Gasteiger partial charge in [-0.25, -0.2) is 10.2 Å². The van der Waals surface area contributed by atoms with Crippen molar-refractivity contribution in [3.05, 3.63) is 59.7 Å². The first-order valence-corrected chi connectivity index (χ1v) is 10.9. The van der Waals surface area contributed by atoms with Gasteiger partial charge in [-0.3, -0.25) is 5.43 Å². The number of ether oxygens (including phenoxy) is 1. The lowest BCUT2D eigenvalue weighted by Crippen LogP contribution is -2.51. The molecule has 0 saturated carbocycles. The van der Waals surface area contributed by atoms with Gasteiger partial charge in [-0.2, -0.15) is 18.3 Å². The number of carbonyl (C=O) groups is 1. The molecule has 30 heavy (non-hydrogen) atoms. The summed E-state index contributed by atoms with van der Waals surface area (Å²) >= 11 is 0. The molecule has 160 valence electrons. The van der Waals surface area contributed by atoms with Crippen molar-refractivity contribution in [3.8, 4) is 11.5 Å². The lowest BCUT2D eigenvalue weighted by atomic mass is 9.95. The maximum Gasteiger partial charge on any atom is 0.529 e. The molecule has 0 saturated heterocycles. The molecule has 2 rings (SSSR count). The Bertz CT molecular complexity index is 1000. The van der Waals surface area contributed by atoms with E-state index in [0.29, 0.717) is 12.0 Å². The molecule has 0 aromatic heterocycles. The van der Waals surface area contributed by atoms with Crippen LogP contribution in [0.1, 0.15) is 25.0 Å². The molecule has 0 aliphatic rings. The molecule has 0 heterocycles. The predicted octanol–water partition coefficient (Wildman–Crippen LogP) is 4.37. The summed E-state index contributed by atoms with van der Waals surface area (Å²) in [6, 6.07) is 13.4. The van der Waals surface area contributed by atoms with Crippen LogP contribution < -0.4 is 19.9 Å². The minimum Gasteiger partial charge on any atom is -0.444 e. The topological polar surface area (TPSA) is 137 Å². The third-order valence-corrected chi connectivity index (χ3v) is 4.41. The van der Waals surface area contributed by atoms with E-state index in [-0.39, 0.29) is 18.1 Å². The zero-order chi connectivity index (χ0) is 22.1. The molecule has 0 fully saturated rings. The highest BCUT2D eigenvalue weighted by Crippen LogP contribution is 2.35. The van der Waals surface area contributed by atoms with Crippen LogP contribution in [0, 0.1) is 0 Å². The van der Waals surface area contributed by atoms with Gasteiger partial charge in [-0.1, -0.05) is 36.4 Å². The smallest absolute Gasteiger partial charge is 0.444 e. The van der Waals surface area contributed by atoms with Gasteiger partial charge in [0.1, 0.15) is 6.61 Å². The molecule has 0 aliphatic heterocycles. The molecule has 10 nitrogen and oxygen atoms in total. The number of carbonyl (C=O) groups excluding carboxylic acids is 1. The SMILES string of the molecule is CC(C)(Cc1ccc(OP(=O)=O)c(OP(=O)=O)c1)NNC(=O)OCc1ccccc1. The highest BCUT2D eigenvalue weighted by atomic mass is 31.1. The van der Waals surface area contributed by atoms with E-state index < -0.39 is 27.4 Å². The van der Waals surface area contributed by atoms with Crippen LogP contribution in [0.3, 0.4) is 0 Å². The second-order valence-electron chi connectivity index (χ2n) is 6.78. The number of rotatable bonds is 10. The van der Waals surface area contributed by atoms with Crippen LogP contribution in [-0.4, -0.2) is 11.6 Å². The van der Waals surface area contributed by atoms with E-state index in [4.69, 9.17) is 4.74 Å². The monoisotopic (exact) mass is 454 g/mol. The highest BCUT2D eigenvalue weighted by molar-refractivity contribution is 7.25. The van der Waals surface area contributed by atoms with Crippen molar-refractivity contribution < 1.29 is 36.8 Å². The fourth-order valence-corrected chi connectivity index (χ4v) is 3.12. The van der Waals surface area contributed by atoms with Crippen LogP contribution in [0.15, 0.2) is 48.5 Å². The van der Waals surface area contributed by atoms with Gasteiger partial charge in [0.15, 0.2) is 11.5 Å². The van der Waals surface area contributed by atoms with Crippen molar-refractivity contribution in [1.29, 1.82) is 0 Å². The summed E-state index contributed by atoms with van der Waals surface area (Å²) in [4.78, 5) is 11.9. The molecule has 12 heteroatoms. The summed E-state index contributed by atoms with van der Waals surface area (Å²) in [6.07, 6.45) is -0.343. The lowest BCUT2D eigenvalue weighted by Gasteiger charge is -2.26. The lowest BCUT2D eigenvalue weighted by molar-refractivity contribution is 0.129. The third-order valence-electron chi connectivity index (χ3n) is 3.72. The van der Waals surface area contributed by atoms with Crippen molar-refractivity contribution in [2.24, 2.45) is 0 Å². The normalized spacial score (nSPS) is 10.7. The number of hydrogen-bond donors (Lipinski definition) is 2. The molecule has 0 atom stereocenters. The number of hydrogen-bond acceptors (Lipinski definition) is 9. The van der Waals surface area contributed by atoms with Gasteiger partial charge in [0, 0.05) is 5.54 Å². The van der Waals surface area contributed by atoms with E-state index >= 15 is 0 Å². The van der Waals surface area contributed by atoms with Crippen LogP contribution in [0.5, 0.6) is 11.5 Å². The van der Waals surface area contributed by atoms with Crippen LogP contribution in [-0.2, 0) is 36.0 Å². The van der Waals surface area contributed by atoms with Gasteiger partial charge in [-0.15, -0.1) is 0 Å². The Kier molecular flexibility index (Phi) is 8.35. The molecule has 0 radical (unpaired) electrons. The predicted molar refractivity (Wildman–Crippen MR) is 105 cm³/mol. The fourth-order valence-electron chi connectivity index (χ4n) is 2.50. The molecule has 2 aromatic carbocycles. The Balaban J connectivity index is 1.96. The molecule has 0 aliphatic carbocycles. The molecule has 0 spiro atoms. The Morgan fingerprint density at radius 2 is 1.53 bits per heavy atom. The van der Waals surface area contributed by atoms with Crippen molar-refractivity contribution >= 4 is 21.9 Å². The fraction of sp³-hybridized carbons (Fsp3) is 0.278. The van der Waals surface area contributed by atoms with Crippen molar-refractivity contribution in [1.82, 2.24) is 10.9 Å². The number of nitrogens with one attached hydrogen (secondary N) is 2. The van der Waals surface area contributed by atoms with Crippen LogP contribution in [0.25, 0.3) is 0 Å². The second kappa shape index (κ2) is 10.7. The van der Waals surface area contributed by atoms with E-state index in [0.717, 1.165) is 5.56 Å². The third kappa shape index (κ3) is 8.21. The van der Waals surface area contributed by atoms with Crippen LogP contribution in [0.4, 0.5) is 4.79 Å². The molecular formula is C18H20N2O8P2. The quantitative estimate of drug-likeness (QED) is 0.396. The molecule has 2 aromatic rings. The summed E-state index contributed by atoms with van der Waals surface area (Å²) < 4.78 is 57.6. The van der Waals surface area contributed by atoms with Crippen molar-refractivity contribution in [2.75, 3.05) is 0 Å². The van der Waals surface area contributed by atoms with Gasteiger partial charge in [0.05, 0.1) is 0 Å². The van der Waals surface area contributed by atoms with E-state index in [1.807, 2.05) is 30.3 Å². The first kappa shape index (κ1) is 23.3. The maximum absolute atomic E-state index is 11.9. The maximum atomic E-state index is 11.9. The van der Waals surface area contributed by atoms with Gasteiger partial charge in [0.2, 0.25) is 0 Å². The van der Waals surface area contributed by atoms with E-state index in [9.17, 15) is 23.1 Å². The summed E-state index contributed by atoms with van der Waals surface area (Å²) in [5.41, 5.74) is 6.07. The van der Waals surface area contributed by atoms with E-state index in [1.54, 1.807) is 19.9 Å². The average Bonchev–Trinajstić information content (AvgIpc) is 2.67. The van der Waals surface area contributed by atoms with Gasteiger partial charge >= 0.3 is 21.9 Å². The largest absolute Gasteiger partial charge is 0.529 e.